The van der Waals surface area contributed by atoms with Gasteiger partial charge in [0.05, 0.1) is 0 Å². The number of fused-ring (bicyclic) bond motifs is 5. The van der Waals surface area contributed by atoms with Gasteiger partial charge in [-0.05, 0) is 75.0 Å². The molecule has 0 saturated heterocycles. The van der Waals surface area contributed by atoms with Gasteiger partial charge in [0, 0.05) is 5.41 Å². The van der Waals surface area contributed by atoms with Gasteiger partial charge in [-0.15, -0.1) is 0 Å². The summed E-state index contributed by atoms with van der Waals surface area (Å²) < 4.78 is 14.8. The summed E-state index contributed by atoms with van der Waals surface area (Å²) in [4.78, 5) is 12.6. The molecule has 3 saturated carbocycles. The molecule has 4 rings (SSSR count). The van der Waals surface area contributed by atoms with E-state index in [9.17, 15) is 9.18 Å². The lowest BCUT2D eigenvalue weighted by Crippen LogP contribution is -2.49. The SMILES string of the molecule is CC1(F)C[C@H]2[C@@H]3CC=C4CCCC[C@]4(C)[C@@H]3CC[C@]2(C)C1=O. The highest BCUT2D eigenvalue weighted by Gasteiger charge is 2.64. The summed E-state index contributed by atoms with van der Waals surface area (Å²) in [5.74, 6) is 1.34. The molecule has 0 aromatic heterocycles. The van der Waals surface area contributed by atoms with E-state index in [1.54, 1.807) is 5.57 Å². The molecule has 1 nitrogen and oxygen atoms in total. The Labute approximate surface area is 133 Å². The lowest BCUT2D eigenvalue weighted by atomic mass is 9.48. The number of carbonyl (C=O) groups is 1. The summed E-state index contributed by atoms with van der Waals surface area (Å²) in [5, 5.41) is 0. The fourth-order valence-electron chi connectivity index (χ4n) is 6.78. The highest BCUT2D eigenvalue weighted by atomic mass is 19.1. The van der Waals surface area contributed by atoms with Crippen molar-refractivity contribution in [2.24, 2.45) is 28.6 Å². The summed E-state index contributed by atoms with van der Waals surface area (Å²) in [7, 11) is 0. The average molecular weight is 304 g/mol. The number of carbonyl (C=O) groups excluding carboxylic acids is 1. The molecule has 122 valence electrons. The van der Waals surface area contributed by atoms with Crippen molar-refractivity contribution in [1.82, 2.24) is 0 Å². The number of alkyl halides is 1. The molecule has 0 radical (unpaired) electrons. The summed E-state index contributed by atoms with van der Waals surface area (Å²) >= 11 is 0. The van der Waals surface area contributed by atoms with Crippen molar-refractivity contribution in [2.75, 3.05) is 0 Å². The van der Waals surface area contributed by atoms with Gasteiger partial charge in [0.15, 0.2) is 11.5 Å². The molecule has 3 fully saturated rings. The lowest BCUT2D eigenvalue weighted by molar-refractivity contribution is -0.138. The molecule has 0 aromatic carbocycles. The summed E-state index contributed by atoms with van der Waals surface area (Å²) in [5.41, 5.74) is 0.0177. The van der Waals surface area contributed by atoms with Crippen LogP contribution in [0.15, 0.2) is 11.6 Å². The van der Waals surface area contributed by atoms with Crippen LogP contribution in [0.3, 0.4) is 0 Å². The summed E-state index contributed by atoms with van der Waals surface area (Å²) in [6.07, 6.45) is 11.3. The van der Waals surface area contributed by atoms with Crippen LogP contribution in [0.2, 0.25) is 0 Å². The van der Waals surface area contributed by atoms with E-state index in [0.717, 1.165) is 19.3 Å². The predicted octanol–water partition coefficient (Wildman–Crippen LogP) is 5.25. The fourth-order valence-corrected chi connectivity index (χ4v) is 6.78. The Balaban J connectivity index is 1.73. The first-order valence-corrected chi connectivity index (χ1v) is 9.22. The Morgan fingerprint density at radius 2 is 1.86 bits per heavy atom. The molecule has 0 spiro atoms. The Kier molecular flexibility index (Phi) is 3.02. The zero-order valence-electron chi connectivity index (χ0n) is 14.3. The predicted molar refractivity (Wildman–Crippen MR) is 86.2 cm³/mol. The number of allylic oxidation sites excluding steroid dienone is 2. The molecule has 0 aliphatic heterocycles. The van der Waals surface area contributed by atoms with Crippen LogP contribution in [0.1, 0.15) is 72.1 Å². The molecule has 22 heavy (non-hydrogen) atoms. The van der Waals surface area contributed by atoms with Crippen LogP contribution in [0.4, 0.5) is 4.39 Å². The molecular weight excluding hydrogens is 275 g/mol. The van der Waals surface area contributed by atoms with Gasteiger partial charge < -0.3 is 0 Å². The maximum absolute atomic E-state index is 14.8. The molecule has 0 aromatic rings. The third-order valence-corrected chi connectivity index (χ3v) is 8.00. The van der Waals surface area contributed by atoms with Gasteiger partial charge in [-0.25, -0.2) is 4.39 Å². The highest BCUT2D eigenvalue weighted by Crippen LogP contribution is 2.65. The number of Topliss-reactive ketones (excluding diaryl/α,β-unsaturated/α-hetero) is 1. The minimum absolute atomic E-state index is 0.105. The quantitative estimate of drug-likeness (QED) is 0.559. The van der Waals surface area contributed by atoms with Crippen molar-refractivity contribution in [1.29, 1.82) is 0 Å². The van der Waals surface area contributed by atoms with Crippen molar-refractivity contribution in [3.8, 4) is 0 Å². The zero-order valence-corrected chi connectivity index (χ0v) is 14.3. The normalized spacial score (nSPS) is 54.3. The fraction of sp³-hybridized carbons (Fsp3) is 0.850. The Morgan fingerprint density at radius 1 is 1.09 bits per heavy atom. The van der Waals surface area contributed by atoms with E-state index >= 15 is 0 Å². The van der Waals surface area contributed by atoms with E-state index in [4.69, 9.17) is 0 Å². The van der Waals surface area contributed by atoms with Gasteiger partial charge in [0.1, 0.15) is 0 Å². The van der Waals surface area contributed by atoms with Gasteiger partial charge in [0.2, 0.25) is 0 Å². The first-order valence-electron chi connectivity index (χ1n) is 9.22. The second-order valence-corrected chi connectivity index (χ2v) is 9.15. The maximum Gasteiger partial charge on any atom is 0.175 e. The minimum atomic E-state index is -1.59. The van der Waals surface area contributed by atoms with E-state index in [-0.39, 0.29) is 11.7 Å². The highest BCUT2D eigenvalue weighted by molar-refractivity contribution is 5.94. The number of hydrogen-bond acceptors (Lipinski definition) is 1. The van der Waals surface area contributed by atoms with Crippen molar-refractivity contribution >= 4 is 5.78 Å². The van der Waals surface area contributed by atoms with Crippen LogP contribution in [-0.4, -0.2) is 11.5 Å². The van der Waals surface area contributed by atoms with Crippen LogP contribution >= 0.6 is 0 Å². The summed E-state index contributed by atoms with van der Waals surface area (Å²) in [6, 6.07) is 0. The van der Waals surface area contributed by atoms with Crippen LogP contribution in [0.25, 0.3) is 0 Å². The zero-order chi connectivity index (χ0) is 15.8. The number of halogens is 1. The topological polar surface area (TPSA) is 17.1 Å². The van der Waals surface area contributed by atoms with Crippen LogP contribution < -0.4 is 0 Å². The van der Waals surface area contributed by atoms with E-state index in [1.807, 2.05) is 0 Å². The first-order chi connectivity index (χ1) is 10.3. The molecular formula is C20H29FO. The third kappa shape index (κ3) is 1.73. The second-order valence-electron chi connectivity index (χ2n) is 9.15. The van der Waals surface area contributed by atoms with E-state index < -0.39 is 11.1 Å². The molecule has 0 amide bonds. The van der Waals surface area contributed by atoms with Crippen LogP contribution in [-0.2, 0) is 4.79 Å². The van der Waals surface area contributed by atoms with Gasteiger partial charge >= 0.3 is 0 Å². The standard InChI is InChI=1S/C20H29FO/c1-18-10-5-4-6-13(18)7-8-14-15(18)9-11-19(2)16(14)12-20(3,21)17(19)22/h7,14-16H,4-6,8-12H2,1-3H3/t14-,15-,16+,18+,19+,20?/m1/s1. The Hall–Kier alpha value is -0.660. The van der Waals surface area contributed by atoms with Gasteiger partial charge in [-0.1, -0.05) is 31.9 Å². The number of ketones is 1. The van der Waals surface area contributed by atoms with Crippen molar-refractivity contribution in [2.45, 2.75) is 77.8 Å². The molecule has 2 heteroatoms. The largest absolute Gasteiger partial charge is 0.295 e. The van der Waals surface area contributed by atoms with Crippen LogP contribution in [0, 0.1) is 28.6 Å². The van der Waals surface area contributed by atoms with E-state index in [0.29, 0.717) is 23.7 Å². The van der Waals surface area contributed by atoms with Crippen LogP contribution in [0.5, 0.6) is 0 Å². The van der Waals surface area contributed by atoms with E-state index in [1.165, 1.54) is 32.6 Å². The lowest BCUT2D eigenvalue weighted by Gasteiger charge is -2.56. The molecule has 0 heterocycles. The molecule has 1 unspecified atom stereocenters. The minimum Gasteiger partial charge on any atom is -0.295 e. The number of hydrogen-bond donors (Lipinski definition) is 0. The first kappa shape index (κ1) is 14.9. The molecule has 0 N–H and O–H groups in total. The Morgan fingerprint density at radius 3 is 2.64 bits per heavy atom. The summed E-state index contributed by atoms with van der Waals surface area (Å²) in [6.45, 7) is 6.05. The average Bonchev–Trinajstić information content (AvgIpc) is 2.66. The molecule has 4 aliphatic rings. The van der Waals surface area contributed by atoms with E-state index in [2.05, 4.69) is 19.9 Å². The monoisotopic (exact) mass is 304 g/mol. The third-order valence-electron chi connectivity index (χ3n) is 8.00. The van der Waals surface area contributed by atoms with Gasteiger partial charge in [-0.2, -0.15) is 0 Å². The Bertz CT molecular complexity index is 548. The van der Waals surface area contributed by atoms with Crippen molar-refractivity contribution in [3.05, 3.63) is 11.6 Å². The van der Waals surface area contributed by atoms with Gasteiger partial charge in [0.25, 0.3) is 0 Å². The van der Waals surface area contributed by atoms with Crippen molar-refractivity contribution in [3.63, 3.8) is 0 Å². The molecule has 4 aliphatic carbocycles. The van der Waals surface area contributed by atoms with Gasteiger partial charge in [-0.3, -0.25) is 4.79 Å². The second kappa shape index (κ2) is 4.45. The smallest absolute Gasteiger partial charge is 0.175 e. The molecule has 6 atom stereocenters. The molecule has 0 bridgehead atoms. The number of rotatable bonds is 0. The maximum atomic E-state index is 14.8. The van der Waals surface area contributed by atoms with Crippen molar-refractivity contribution < 1.29 is 9.18 Å².